The van der Waals surface area contributed by atoms with Gasteiger partial charge in [0, 0.05) is 17.0 Å². The minimum absolute atomic E-state index is 0.0400. The Morgan fingerprint density at radius 3 is 2.52 bits per heavy atom. The maximum absolute atomic E-state index is 13.0. The third-order valence-corrected chi connectivity index (χ3v) is 5.17. The predicted octanol–water partition coefficient (Wildman–Crippen LogP) is 5.08. The smallest absolute Gasteiger partial charge is 0.254 e. The minimum Gasteiger partial charge on any atom is -0.486 e. The minimum atomic E-state index is 0.0400. The zero-order valence-corrected chi connectivity index (χ0v) is 16.7. The zero-order valence-electron chi connectivity index (χ0n) is 15.9. The van der Waals surface area contributed by atoms with E-state index in [0.29, 0.717) is 13.2 Å². The first-order valence-corrected chi connectivity index (χ1v) is 9.90. The number of benzene rings is 2. The van der Waals surface area contributed by atoms with Gasteiger partial charge in [-0.05, 0) is 44.5 Å². The molecule has 0 atom stereocenters. The maximum atomic E-state index is 13.0. The number of hydrogen-bond donors (Lipinski definition) is 0. The molecule has 0 bridgehead atoms. The van der Waals surface area contributed by atoms with Crippen LogP contribution in [0.25, 0.3) is 0 Å². The second-order valence-electron chi connectivity index (χ2n) is 6.68. The Balaban J connectivity index is 1.68. The van der Waals surface area contributed by atoms with Gasteiger partial charge in [-0.25, -0.2) is 4.98 Å². The summed E-state index contributed by atoms with van der Waals surface area (Å²) in [5.74, 6) is 0.867. The lowest BCUT2D eigenvalue weighted by Crippen LogP contribution is -2.36. The molecule has 0 aliphatic rings. The highest BCUT2D eigenvalue weighted by Crippen LogP contribution is 2.19. The molecule has 3 aromatic rings. The van der Waals surface area contributed by atoms with E-state index in [0.717, 1.165) is 27.6 Å². The molecule has 140 valence electrons. The number of rotatable bonds is 7. The molecule has 1 aromatic heterocycles. The van der Waals surface area contributed by atoms with Gasteiger partial charge in [0.15, 0.2) is 0 Å². The number of ether oxygens (including phenoxy) is 1. The van der Waals surface area contributed by atoms with Crippen LogP contribution in [0.15, 0.2) is 60.0 Å². The molecule has 2 aromatic carbocycles. The van der Waals surface area contributed by atoms with E-state index < -0.39 is 0 Å². The van der Waals surface area contributed by atoms with Crippen LogP contribution in [0, 0.1) is 6.92 Å². The maximum Gasteiger partial charge on any atom is 0.254 e. The van der Waals surface area contributed by atoms with E-state index in [4.69, 9.17) is 4.74 Å². The first kappa shape index (κ1) is 19.1. The van der Waals surface area contributed by atoms with Crippen molar-refractivity contribution < 1.29 is 9.53 Å². The predicted molar refractivity (Wildman–Crippen MR) is 109 cm³/mol. The van der Waals surface area contributed by atoms with Gasteiger partial charge in [-0.15, -0.1) is 11.3 Å². The molecule has 0 unspecified atom stereocenters. The van der Waals surface area contributed by atoms with Crippen LogP contribution in [0.4, 0.5) is 0 Å². The molecule has 4 nitrogen and oxygen atoms in total. The molecule has 27 heavy (non-hydrogen) atoms. The van der Waals surface area contributed by atoms with E-state index in [9.17, 15) is 4.79 Å². The van der Waals surface area contributed by atoms with E-state index in [1.54, 1.807) is 11.3 Å². The summed E-state index contributed by atoms with van der Waals surface area (Å²) in [4.78, 5) is 19.5. The molecule has 1 heterocycles. The van der Waals surface area contributed by atoms with Crippen molar-refractivity contribution in [3.63, 3.8) is 0 Å². The van der Waals surface area contributed by atoms with Crippen LogP contribution in [-0.2, 0) is 13.2 Å². The molecule has 1 amide bonds. The van der Waals surface area contributed by atoms with Crippen molar-refractivity contribution in [3.8, 4) is 5.75 Å². The molecular weight excluding hydrogens is 356 g/mol. The monoisotopic (exact) mass is 380 g/mol. The van der Waals surface area contributed by atoms with E-state index in [-0.39, 0.29) is 11.9 Å². The van der Waals surface area contributed by atoms with Gasteiger partial charge in [0.05, 0.1) is 12.2 Å². The fourth-order valence-electron chi connectivity index (χ4n) is 2.78. The standard InChI is InChI=1S/C22H24N2O2S/c1-16(2)24(22(25)20-12-8-7-9-17(20)3)13-18-15-27-21(23-18)14-26-19-10-5-4-6-11-19/h4-12,15-16H,13-14H2,1-3H3. The Morgan fingerprint density at radius 1 is 1.11 bits per heavy atom. The van der Waals surface area contributed by atoms with Gasteiger partial charge in [0.1, 0.15) is 17.4 Å². The van der Waals surface area contributed by atoms with Crippen molar-refractivity contribution >= 4 is 17.2 Å². The second-order valence-corrected chi connectivity index (χ2v) is 7.62. The number of amides is 1. The van der Waals surface area contributed by atoms with Gasteiger partial charge in [0.2, 0.25) is 0 Å². The third-order valence-electron chi connectivity index (χ3n) is 4.30. The molecule has 0 radical (unpaired) electrons. The summed E-state index contributed by atoms with van der Waals surface area (Å²) in [6.45, 7) is 6.95. The van der Waals surface area contributed by atoms with Gasteiger partial charge in [-0.3, -0.25) is 4.79 Å². The van der Waals surface area contributed by atoms with Gasteiger partial charge >= 0.3 is 0 Å². The zero-order chi connectivity index (χ0) is 19.2. The molecule has 3 rings (SSSR count). The molecule has 0 N–H and O–H groups in total. The Morgan fingerprint density at radius 2 is 1.81 bits per heavy atom. The van der Waals surface area contributed by atoms with Gasteiger partial charge in [0.25, 0.3) is 5.91 Å². The average Bonchev–Trinajstić information content (AvgIpc) is 3.12. The van der Waals surface area contributed by atoms with Crippen LogP contribution in [0.2, 0.25) is 0 Å². The van der Waals surface area contributed by atoms with Gasteiger partial charge in [-0.2, -0.15) is 0 Å². The van der Waals surface area contributed by atoms with Crippen LogP contribution >= 0.6 is 11.3 Å². The topological polar surface area (TPSA) is 42.4 Å². The molecule has 0 fully saturated rings. The Bertz CT molecular complexity index is 890. The number of para-hydroxylation sites is 1. The van der Waals surface area contributed by atoms with Gasteiger partial charge in [-0.1, -0.05) is 36.4 Å². The summed E-state index contributed by atoms with van der Waals surface area (Å²) < 4.78 is 5.76. The number of aryl methyl sites for hydroxylation is 1. The highest BCUT2D eigenvalue weighted by atomic mass is 32.1. The second kappa shape index (κ2) is 8.82. The van der Waals surface area contributed by atoms with Crippen molar-refractivity contribution in [3.05, 3.63) is 81.8 Å². The summed E-state index contributed by atoms with van der Waals surface area (Å²) >= 11 is 1.56. The summed E-state index contributed by atoms with van der Waals surface area (Å²) in [5, 5.41) is 2.91. The van der Waals surface area contributed by atoms with Crippen LogP contribution in [0.1, 0.15) is 40.5 Å². The molecule has 0 spiro atoms. The van der Waals surface area contributed by atoms with Crippen molar-refractivity contribution in [2.24, 2.45) is 0 Å². The van der Waals surface area contributed by atoms with Crippen LogP contribution in [-0.4, -0.2) is 21.8 Å². The normalized spacial score (nSPS) is 10.8. The molecule has 0 aliphatic carbocycles. The molecular formula is C22H24N2O2S. The van der Waals surface area contributed by atoms with Gasteiger partial charge < -0.3 is 9.64 Å². The lowest BCUT2D eigenvalue weighted by atomic mass is 10.1. The number of hydrogen-bond acceptors (Lipinski definition) is 4. The Labute approximate surface area is 164 Å². The van der Waals surface area contributed by atoms with E-state index >= 15 is 0 Å². The first-order chi connectivity index (χ1) is 13.0. The number of carbonyl (C=O) groups is 1. The average molecular weight is 381 g/mol. The third kappa shape index (κ3) is 4.95. The SMILES string of the molecule is Cc1ccccc1C(=O)N(Cc1csc(COc2ccccc2)n1)C(C)C. The van der Waals surface area contributed by atoms with Crippen molar-refractivity contribution in [1.82, 2.24) is 9.88 Å². The highest BCUT2D eigenvalue weighted by molar-refractivity contribution is 7.09. The molecule has 5 heteroatoms. The number of carbonyl (C=O) groups excluding carboxylic acids is 1. The van der Waals surface area contributed by atoms with Crippen molar-refractivity contribution in [1.29, 1.82) is 0 Å². The highest BCUT2D eigenvalue weighted by Gasteiger charge is 2.21. The van der Waals surface area contributed by atoms with Crippen molar-refractivity contribution in [2.75, 3.05) is 0 Å². The lowest BCUT2D eigenvalue weighted by Gasteiger charge is -2.26. The Hall–Kier alpha value is -2.66. The molecule has 0 aliphatic heterocycles. The van der Waals surface area contributed by atoms with E-state index in [1.807, 2.05) is 85.6 Å². The number of aromatic nitrogens is 1. The molecule has 0 saturated carbocycles. The van der Waals surface area contributed by atoms with Crippen LogP contribution in [0.5, 0.6) is 5.75 Å². The summed E-state index contributed by atoms with van der Waals surface area (Å²) in [6, 6.07) is 17.5. The number of thiazole rings is 1. The van der Waals surface area contributed by atoms with E-state index in [1.165, 1.54) is 0 Å². The Kier molecular flexibility index (Phi) is 6.24. The fraction of sp³-hybridized carbons (Fsp3) is 0.273. The largest absolute Gasteiger partial charge is 0.486 e. The first-order valence-electron chi connectivity index (χ1n) is 9.02. The summed E-state index contributed by atoms with van der Waals surface area (Å²) in [7, 11) is 0. The molecule has 0 saturated heterocycles. The lowest BCUT2D eigenvalue weighted by molar-refractivity contribution is 0.0687. The van der Waals surface area contributed by atoms with E-state index in [2.05, 4.69) is 4.98 Å². The van der Waals surface area contributed by atoms with Crippen LogP contribution < -0.4 is 4.74 Å². The fourth-order valence-corrected chi connectivity index (χ4v) is 3.48. The van der Waals surface area contributed by atoms with Crippen LogP contribution in [0.3, 0.4) is 0 Å². The quantitative estimate of drug-likeness (QED) is 0.574. The summed E-state index contributed by atoms with van der Waals surface area (Å²) in [6.07, 6.45) is 0. The van der Waals surface area contributed by atoms with Crippen molar-refractivity contribution in [2.45, 2.75) is 40.0 Å². The number of nitrogens with zero attached hydrogens (tertiary/aromatic N) is 2. The summed E-state index contributed by atoms with van der Waals surface area (Å²) in [5.41, 5.74) is 2.62.